The first-order valence-electron chi connectivity index (χ1n) is 9.18. The number of amides is 2. The second-order valence-corrected chi connectivity index (χ2v) is 7.30. The van der Waals surface area contributed by atoms with Gasteiger partial charge in [0.1, 0.15) is 5.69 Å². The summed E-state index contributed by atoms with van der Waals surface area (Å²) >= 11 is 0. The van der Waals surface area contributed by atoms with Gasteiger partial charge < -0.3 is 10.6 Å². The van der Waals surface area contributed by atoms with Crippen molar-refractivity contribution in [3.63, 3.8) is 0 Å². The number of nitrogens with one attached hydrogen (secondary N) is 2. The summed E-state index contributed by atoms with van der Waals surface area (Å²) in [4.78, 5) is 42.1. The van der Waals surface area contributed by atoms with Gasteiger partial charge in [0, 0.05) is 18.7 Å². The van der Waals surface area contributed by atoms with Gasteiger partial charge in [-0.05, 0) is 55.0 Å². The lowest BCUT2D eigenvalue weighted by Crippen LogP contribution is -2.29. The summed E-state index contributed by atoms with van der Waals surface area (Å²) in [5, 5.41) is 5.69. The second-order valence-electron chi connectivity index (χ2n) is 7.30. The summed E-state index contributed by atoms with van der Waals surface area (Å²) in [5.41, 5.74) is 8.09. The van der Waals surface area contributed by atoms with Crippen molar-refractivity contribution in [2.24, 2.45) is 11.7 Å². The van der Waals surface area contributed by atoms with E-state index in [4.69, 9.17) is 5.73 Å². The predicted molar refractivity (Wildman–Crippen MR) is 104 cm³/mol. The molecule has 4 N–H and O–H groups in total. The highest BCUT2D eigenvalue weighted by Crippen LogP contribution is 2.23. The van der Waals surface area contributed by atoms with Crippen LogP contribution in [0, 0.1) is 12.8 Å². The average Bonchev–Trinajstić information content (AvgIpc) is 3.28. The molecule has 1 aliphatic rings. The SMILES string of the molecule is Cc1cc(C(=O)N2CC[C@@H](Cc3cccc(C(N)=O)c3)C2)nc2[nH][nH]c(=O)c12. The number of aromatic nitrogens is 3. The number of rotatable bonds is 4. The van der Waals surface area contributed by atoms with Crippen molar-refractivity contribution in [2.45, 2.75) is 19.8 Å². The number of hydrogen-bond donors (Lipinski definition) is 3. The Morgan fingerprint density at radius 2 is 2.11 bits per heavy atom. The second kappa shape index (κ2) is 6.95. The number of H-pyrrole nitrogens is 2. The summed E-state index contributed by atoms with van der Waals surface area (Å²) < 4.78 is 0. The third kappa shape index (κ3) is 3.28. The summed E-state index contributed by atoms with van der Waals surface area (Å²) in [7, 11) is 0. The van der Waals surface area contributed by atoms with Crippen molar-refractivity contribution in [3.05, 3.63) is 63.1 Å². The molecule has 28 heavy (non-hydrogen) atoms. The van der Waals surface area contributed by atoms with Crippen LogP contribution in [0.2, 0.25) is 0 Å². The van der Waals surface area contributed by atoms with Crippen LogP contribution in [-0.2, 0) is 6.42 Å². The number of hydrogen-bond acceptors (Lipinski definition) is 4. The average molecular weight is 379 g/mol. The quantitative estimate of drug-likeness (QED) is 0.633. The zero-order valence-electron chi connectivity index (χ0n) is 15.5. The van der Waals surface area contributed by atoms with Crippen molar-refractivity contribution >= 4 is 22.8 Å². The van der Waals surface area contributed by atoms with Gasteiger partial charge in [-0.1, -0.05) is 12.1 Å². The van der Waals surface area contributed by atoms with Crippen LogP contribution in [0.25, 0.3) is 11.0 Å². The van der Waals surface area contributed by atoms with Gasteiger partial charge in [-0.2, -0.15) is 0 Å². The third-order valence-electron chi connectivity index (χ3n) is 5.27. The molecule has 0 saturated carbocycles. The molecule has 4 rings (SSSR count). The van der Waals surface area contributed by atoms with Crippen LogP contribution in [0.15, 0.2) is 35.1 Å². The molecule has 1 aliphatic heterocycles. The van der Waals surface area contributed by atoms with E-state index in [1.54, 1.807) is 24.0 Å². The predicted octanol–water partition coefficient (Wildman–Crippen LogP) is 1.36. The summed E-state index contributed by atoms with van der Waals surface area (Å²) in [6.07, 6.45) is 1.66. The number of aryl methyl sites for hydroxylation is 1. The van der Waals surface area contributed by atoms with Crippen molar-refractivity contribution in [1.29, 1.82) is 0 Å². The number of benzene rings is 1. The molecule has 0 bridgehead atoms. The summed E-state index contributed by atoms with van der Waals surface area (Å²) in [5.74, 6) is -0.269. The number of pyridine rings is 1. The molecule has 3 aromatic rings. The number of likely N-dealkylation sites (tertiary alicyclic amines) is 1. The first kappa shape index (κ1) is 18.0. The maximum Gasteiger partial charge on any atom is 0.273 e. The van der Waals surface area contributed by atoms with Crippen molar-refractivity contribution in [2.75, 3.05) is 13.1 Å². The van der Waals surface area contributed by atoms with E-state index < -0.39 is 5.91 Å². The summed E-state index contributed by atoms with van der Waals surface area (Å²) in [6.45, 7) is 3.08. The van der Waals surface area contributed by atoms with Gasteiger partial charge in [0.25, 0.3) is 11.5 Å². The minimum Gasteiger partial charge on any atom is -0.366 e. The topological polar surface area (TPSA) is 125 Å². The standard InChI is InChI=1S/C20H21N5O3/c1-11-7-15(22-18-16(11)19(27)24-23-18)20(28)25-6-5-13(10-25)8-12-3-2-4-14(9-12)17(21)26/h2-4,7,9,13H,5-6,8,10H2,1H3,(H2,21,26)(H2,22,23,24,27)/t13-/m0/s1. The molecule has 2 amide bonds. The van der Waals surface area contributed by atoms with E-state index >= 15 is 0 Å². The molecule has 3 heterocycles. The first-order valence-corrected chi connectivity index (χ1v) is 9.18. The van der Waals surface area contributed by atoms with Crippen LogP contribution >= 0.6 is 0 Å². The molecule has 1 aromatic carbocycles. The van der Waals surface area contributed by atoms with Gasteiger partial charge in [-0.3, -0.25) is 24.6 Å². The maximum atomic E-state index is 12.9. The molecule has 0 aliphatic carbocycles. The van der Waals surface area contributed by atoms with E-state index in [1.165, 1.54) is 0 Å². The van der Waals surface area contributed by atoms with E-state index in [9.17, 15) is 14.4 Å². The molecule has 144 valence electrons. The maximum absolute atomic E-state index is 12.9. The Morgan fingerprint density at radius 3 is 2.89 bits per heavy atom. The van der Waals surface area contributed by atoms with Crippen LogP contribution in [0.4, 0.5) is 0 Å². The van der Waals surface area contributed by atoms with Gasteiger partial charge in [-0.15, -0.1) is 0 Å². The number of carbonyl (C=O) groups excluding carboxylic acids is 2. The molecule has 0 radical (unpaired) electrons. The van der Waals surface area contributed by atoms with E-state index in [-0.39, 0.29) is 11.5 Å². The number of fused-ring (bicyclic) bond motifs is 1. The van der Waals surface area contributed by atoms with Crippen LogP contribution in [0.1, 0.15) is 38.4 Å². The van der Waals surface area contributed by atoms with Crippen LogP contribution in [0.3, 0.4) is 0 Å². The highest BCUT2D eigenvalue weighted by molar-refractivity contribution is 5.95. The molecule has 2 aromatic heterocycles. The highest BCUT2D eigenvalue weighted by atomic mass is 16.2. The fraction of sp³-hybridized carbons (Fsp3) is 0.300. The normalized spacial score (nSPS) is 16.6. The molecule has 0 unspecified atom stereocenters. The number of aromatic amines is 2. The number of primary amides is 1. The smallest absolute Gasteiger partial charge is 0.273 e. The molecule has 1 atom stereocenters. The Balaban J connectivity index is 1.48. The number of nitrogens with zero attached hydrogens (tertiary/aromatic N) is 2. The van der Waals surface area contributed by atoms with Crippen molar-refractivity contribution < 1.29 is 9.59 Å². The zero-order valence-corrected chi connectivity index (χ0v) is 15.5. The Kier molecular flexibility index (Phi) is 4.46. The Morgan fingerprint density at radius 1 is 1.29 bits per heavy atom. The lowest BCUT2D eigenvalue weighted by atomic mass is 9.97. The molecular formula is C20H21N5O3. The highest BCUT2D eigenvalue weighted by Gasteiger charge is 2.28. The molecule has 1 saturated heterocycles. The first-order chi connectivity index (χ1) is 13.4. The van der Waals surface area contributed by atoms with Gasteiger partial charge in [-0.25, -0.2) is 4.98 Å². The van der Waals surface area contributed by atoms with Gasteiger partial charge in [0.15, 0.2) is 5.65 Å². The molecule has 1 fully saturated rings. The van der Waals surface area contributed by atoms with Crippen molar-refractivity contribution in [1.82, 2.24) is 20.1 Å². The van der Waals surface area contributed by atoms with E-state index in [1.807, 2.05) is 18.2 Å². The monoisotopic (exact) mass is 379 g/mol. The Hall–Kier alpha value is -3.42. The number of carbonyl (C=O) groups is 2. The van der Waals surface area contributed by atoms with Crippen LogP contribution in [0.5, 0.6) is 0 Å². The van der Waals surface area contributed by atoms with Crippen LogP contribution in [-0.4, -0.2) is 45.0 Å². The molecule has 8 heteroatoms. The summed E-state index contributed by atoms with van der Waals surface area (Å²) in [6, 6.07) is 8.97. The molecular weight excluding hydrogens is 358 g/mol. The Bertz CT molecular complexity index is 1130. The Labute approximate surface area is 160 Å². The minimum atomic E-state index is -0.440. The largest absolute Gasteiger partial charge is 0.366 e. The zero-order chi connectivity index (χ0) is 19.8. The van der Waals surface area contributed by atoms with E-state index in [0.29, 0.717) is 41.3 Å². The lowest BCUT2D eigenvalue weighted by Gasteiger charge is -2.16. The van der Waals surface area contributed by atoms with Gasteiger partial charge in [0.2, 0.25) is 5.91 Å². The lowest BCUT2D eigenvalue weighted by molar-refractivity contribution is 0.0781. The minimum absolute atomic E-state index is 0.138. The fourth-order valence-electron chi connectivity index (χ4n) is 3.87. The van der Waals surface area contributed by atoms with Gasteiger partial charge >= 0.3 is 0 Å². The molecule has 8 nitrogen and oxygen atoms in total. The fourth-order valence-corrected chi connectivity index (χ4v) is 3.87. The third-order valence-corrected chi connectivity index (χ3v) is 5.27. The molecule has 0 spiro atoms. The van der Waals surface area contributed by atoms with Crippen molar-refractivity contribution in [3.8, 4) is 0 Å². The van der Waals surface area contributed by atoms with Crippen LogP contribution < -0.4 is 11.3 Å². The van der Waals surface area contributed by atoms with Gasteiger partial charge in [0.05, 0.1) is 5.39 Å². The number of nitrogens with two attached hydrogens (primary N) is 1. The van der Waals surface area contributed by atoms with E-state index in [0.717, 1.165) is 24.0 Å². The van der Waals surface area contributed by atoms with E-state index in [2.05, 4.69) is 15.2 Å².